The van der Waals surface area contributed by atoms with E-state index in [9.17, 15) is 0 Å². The number of halogens is 1. The average Bonchev–Trinajstić information content (AvgIpc) is 2.67. The zero-order chi connectivity index (χ0) is 11.4. The van der Waals surface area contributed by atoms with Gasteiger partial charge in [-0.25, -0.2) is 0 Å². The third kappa shape index (κ3) is 2.98. The first kappa shape index (κ1) is 11.4. The fourth-order valence-corrected chi connectivity index (χ4v) is 1.98. The van der Waals surface area contributed by atoms with Crippen molar-refractivity contribution in [3.8, 4) is 0 Å². The minimum Gasteiger partial charge on any atom is -0.383 e. The van der Waals surface area contributed by atoms with E-state index in [-0.39, 0.29) is 0 Å². The van der Waals surface area contributed by atoms with Crippen LogP contribution in [-0.4, -0.2) is 16.3 Å². The highest BCUT2D eigenvalue weighted by atomic mass is 127. The van der Waals surface area contributed by atoms with Crippen molar-refractivity contribution in [2.45, 2.75) is 13.5 Å². The fourth-order valence-electron chi connectivity index (χ4n) is 1.54. The van der Waals surface area contributed by atoms with Crippen LogP contribution in [0.15, 0.2) is 36.7 Å². The van der Waals surface area contributed by atoms with Crippen molar-refractivity contribution in [2.75, 3.05) is 11.9 Å². The van der Waals surface area contributed by atoms with Crippen LogP contribution in [0.2, 0.25) is 0 Å². The summed E-state index contributed by atoms with van der Waals surface area (Å²) in [6.07, 6.45) is 3.91. The van der Waals surface area contributed by atoms with Crippen LogP contribution in [0.3, 0.4) is 0 Å². The number of hydrogen-bond acceptors (Lipinski definition) is 2. The van der Waals surface area contributed by atoms with Crippen LogP contribution in [0.4, 0.5) is 5.69 Å². The van der Waals surface area contributed by atoms with Crippen molar-refractivity contribution in [1.82, 2.24) is 9.78 Å². The van der Waals surface area contributed by atoms with Gasteiger partial charge in [-0.2, -0.15) is 5.10 Å². The fraction of sp³-hybridized carbons (Fsp3) is 0.250. The van der Waals surface area contributed by atoms with E-state index in [1.807, 2.05) is 23.1 Å². The second-order valence-corrected chi connectivity index (χ2v) is 4.91. The molecular formula is C12H14IN3. The lowest BCUT2D eigenvalue weighted by molar-refractivity contribution is 0.637. The molecule has 2 aromatic rings. The predicted octanol–water partition coefficient (Wildman–Crippen LogP) is 2.91. The van der Waals surface area contributed by atoms with Gasteiger partial charge in [-0.05, 0) is 41.1 Å². The minimum atomic E-state index is 0.886. The van der Waals surface area contributed by atoms with Crippen LogP contribution in [-0.2, 0) is 6.54 Å². The Morgan fingerprint density at radius 2 is 2.19 bits per heavy atom. The van der Waals surface area contributed by atoms with Crippen LogP contribution < -0.4 is 5.32 Å². The third-order valence-corrected chi connectivity index (χ3v) is 2.96. The number of aromatic nitrogens is 2. The molecule has 0 bridgehead atoms. The maximum Gasteiger partial charge on any atom is 0.0623 e. The third-order valence-electron chi connectivity index (χ3n) is 2.40. The number of nitrogens with one attached hydrogen (secondary N) is 1. The molecule has 3 nitrogen and oxygen atoms in total. The quantitative estimate of drug-likeness (QED) is 0.875. The highest BCUT2D eigenvalue weighted by Gasteiger charge is 1.97. The number of nitrogens with zero attached hydrogens (tertiary/aromatic N) is 2. The maximum absolute atomic E-state index is 4.24. The zero-order valence-corrected chi connectivity index (χ0v) is 11.3. The standard InChI is InChI=1S/C12H14IN3/c1-10-4-2-3-5-12(10)14-6-7-16-9-11(13)8-15-16/h2-5,8-9,14H,6-7H2,1H3. The Morgan fingerprint density at radius 1 is 1.38 bits per heavy atom. The predicted molar refractivity (Wildman–Crippen MR) is 74.6 cm³/mol. The van der Waals surface area contributed by atoms with Crippen molar-refractivity contribution < 1.29 is 0 Å². The Labute approximate surface area is 109 Å². The summed E-state index contributed by atoms with van der Waals surface area (Å²) in [4.78, 5) is 0. The van der Waals surface area contributed by atoms with Gasteiger partial charge in [0.15, 0.2) is 0 Å². The molecule has 16 heavy (non-hydrogen) atoms. The van der Waals surface area contributed by atoms with E-state index in [1.165, 1.54) is 14.8 Å². The molecule has 4 heteroatoms. The molecule has 0 amide bonds. The number of hydrogen-bond donors (Lipinski definition) is 1. The number of aryl methyl sites for hydroxylation is 1. The lowest BCUT2D eigenvalue weighted by Crippen LogP contribution is -2.11. The van der Waals surface area contributed by atoms with Gasteiger partial charge in [0.1, 0.15) is 0 Å². The number of para-hydroxylation sites is 1. The Kier molecular flexibility index (Phi) is 3.82. The first-order chi connectivity index (χ1) is 7.75. The van der Waals surface area contributed by atoms with Crippen molar-refractivity contribution in [1.29, 1.82) is 0 Å². The van der Waals surface area contributed by atoms with Gasteiger partial charge < -0.3 is 5.32 Å². The van der Waals surface area contributed by atoms with E-state index in [0.717, 1.165) is 13.1 Å². The maximum atomic E-state index is 4.24. The summed E-state index contributed by atoms with van der Waals surface area (Å²) in [7, 11) is 0. The van der Waals surface area contributed by atoms with Gasteiger partial charge in [-0.1, -0.05) is 18.2 Å². The van der Waals surface area contributed by atoms with Crippen LogP contribution in [0.5, 0.6) is 0 Å². The second kappa shape index (κ2) is 5.34. The smallest absolute Gasteiger partial charge is 0.0623 e. The molecule has 0 aliphatic heterocycles. The first-order valence-corrected chi connectivity index (χ1v) is 6.31. The molecule has 0 saturated carbocycles. The van der Waals surface area contributed by atoms with Crippen molar-refractivity contribution in [3.05, 3.63) is 45.8 Å². The second-order valence-electron chi connectivity index (χ2n) is 3.66. The number of anilines is 1. The topological polar surface area (TPSA) is 29.9 Å². The van der Waals surface area contributed by atoms with Crippen LogP contribution in [0, 0.1) is 10.5 Å². The van der Waals surface area contributed by atoms with E-state index < -0.39 is 0 Å². The number of rotatable bonds is 4. The summed E-state index contributed by atoms with van der Waals surface area (Å²) in [5, 5.41) is 7.65. The van der Waals surface area contributed by atoms with Gasteiger partial charge in [-0.3, -0.25) is 4.68 Å². The summed E-state index contributed by atoms with van der Waals surface area (Å²) >= 11 is 2.27. The molecular weight excluding hydrogens is 313 g/mol. The molecule has 84 valence electrons. The molecule has 1 aromatic carbocycles. The summed E-state index contributed by atoms with van der Waals surface area (Å²) in [5.41, 5.74) is 2.47. The molecule has 2 rings (SSSR count). The van der Waals surface area contributed by atoms with E-state index in [1.54, 1.807) is 0 Å². The molecule has 0 saturated heterocycles. The molecule has 1 aromatic heterocycles. The van der Waals surface area contributed by atoms with Gasteiger partial charge in [-0.15, -0.1) is 0 Å². The van der Waals surface area contributed by atoms with E-state index in [2.05, 4.69) is 58.1 Å². The zero-order valence-electron chi connectivity index (χ0n) is 9.15. The van der Waals surface area contributed by atoms with E-state index in [0.29, 0.717) is 0 Å². The van der Waals surface area contributed by atoms with Crippen molar-refractivity contribution >= 4 is 28.3 Å². The van der Waals surface area contributed by atoms with E-state index in [4.69, 9.17) is 0 Å². The Morgan fingerprint density at radius 3 is 2.88 bits per heavy atom. The lowest BCUT2D eigenvalue weighted by atomic mass is 10.2. The van der Waals surface area contributed by atoms with Gasteiger partial charge >= 0.3 is 0 Å². The summed E-state index contributed by atoms with van der Waals surface area (Å²) < 4.78 is 3.13. The van der Waals surface area contributed by atoms with E-state index >= 15 is 0 Å². The molecule has 0 radical (unpaired) electrons. The Balaban J connectivity index is 1.87. The molecule has 0 spiro atoms. The minimum absolute atomic E-state index is 0.886. The van der Waals surface area contributed by atoms with Gasteiger partial charge in [0.05, 0.1) is 16.3 Å². The van der Waals surface area contributed by atoms with Gasteiger partial charge in [0.25, 0.3) is 0 Å². The lowest BCUT2D eigenvalue weighted by Gasteiger charge is -2.08. The Bertz CT molecular complexity index is 465. The normalized spacial score (nSPS) is 10.4. The highest BCUT2D eigenvalue weighted by Crippen LogP contribution is 2.12. The molecule has 0 aliphatic rings. The number of benzene rings is 1. The average molecular weight is 327 g/mol. The summed E-state index contributed by atoms with van der Waals surface area (Å²) in [6.45, 7) is 3.89. The molecule has 1 N–H and O–H groups in total. The molecule has 1 heterocycles. The van der Waals surface area contributed by atoms with Crippen LogP contribution in [0.1, 0.15) is 5.56 Å². The highest BCUT2D eigenvalue weighted by molar-refractivity contribution is 14.1. The largest absolute Gasteiger partial charge is 0.383 e. The summed E-state index contributed by atoms with van der Waals surface area (Å²) in [5.74, 6) is 0. The van der Waals surface area contributed by atoms with Gasteiger partial charge in [0, 0.05) is 18.4 Å². The first-order valence-electron chi connectivity index (χ1n) is 5.23. The van der Waals surface area contributed by atoms with Crippen molar-refractivity contribution in [3.63, 3.8) is 0 Å². The van der Waals surface area contributed by atoms with Gasteiger partial charge in [0.2, 0.25) is 0 Å². The van der Waals surface area contributed by atoms with Crippen molar-refractivity contribution in [2.24, 2.45) is 0 Å². The van der Waals surface area contributed by atoms with Crippen LogP contribution in [0.25, 0.3) is 0 Å². The summed E-state index contributed by atoms with van der Waals surface area (Å²) in [6, 6.07) is 8.31. The molecule has 0 fully saturated rings. The molecule has 0 aliphatic carbocycles. The SMILES string of the molecule is Cc1ccccc1NCCn1cc(I)cn1. The Hall–Kier alpha value is -1.04. The van der Waals surface area contributed by atoms with Crippen LogP contribution >= 0.6 is 22.6 Å². The molecule has 0 atom stereocenters. The monoisotopic (exact) mass is 327 g/mol. The molecule has 0 unspecified atom stereocenters.